The molecule has 5 nitrogen and oxygen atoms in total. The first-order chi connectivity index (χ1) is 3.66. The fourth-order valence-electron chi connectivity index (χ4n) is 0.110. The Morgan fingerprint density at radius 3 is 2.12 bits per heavy atom. The molecular formula is C3H2O5. The van der Waals surface area contributed by atoms with Crippen LogP contribution in [0.5, 0.6) is 0 Å². The van der Waals surface area contributed by atoms with E-state index in [0.29, 0.717) is 0 Å². The van der Waals surface area contributed by atoms with Gasteiger partial charge in [0.1, 0.15) is 0 Å². The molecule has 0 aromatic carbocycles. The molecule has 0 amide bonds. The number of aldehydes is 1. The summed E-state index contributed by atoms with van der Waals surface area (Å²) in [6.45, 7) is 0. The molecule has 0 aromatic heterocycles. The number of hydrogen-bond acceptors (Lipinski definition) is 4. The molecule has 0 atom stereocenters. The van der Waals surface area contributed by atoms with Gasteiger partial charge in [-0.05, 0) is 0 Å². The van der Waals surface area contributed by atoms with E-state index in [1.807, 2.05) is 0 Å². The van der Waals surface area contributed by atoms with Crippen molar-refractivity contribution in [3.05, 3.63) is 0 Å². The number of esters is 1. The van der Waals surface area contributed by atoms with Crippen molar-refractivity contribution in [1.29, 1.82) is 0 Å². The Hall–Kier alpha value is -1.39. The van der Waals surface area contributed by atoms with Crippen molar-refractivity contribution in [2.45, 2.75) is 0 Å². The van der Waals surface area contributed by atoms with Gasteiger partial charge in [-0.1, -0.05) is 0 Å². The Balaban J connectivity index is 3.55. The summed E-state index contributed by atoms with van der Waals surface area (Å²) in [5.74, 6) is -1.41. The third-order valence-electron chi connectivity index (χ3n) is 0.284. The van der Waals surface area contributed by atoms with Crippen LogP contribution in [-0.2, 0) is 14.3 Å². The normalized spacial score (nSPS) is 7.50. The second-order valence-electron chi connectivity index (χ2n) is 0.805. The molecule has 0 bridgehead atoms. The molecule has 1 N–H and O–H groups in total. The van der Waals surface area contributed by atoms with Gasteiger partial charge in [0.2, 0.25) is 6.29 Å². The Bertz CT molecular complexity index is 126. The summed E-state index contributed by atoms with van der Waals surface area (Å²) in [5, 5.41) is 7.61. The first-order valence-corrected chi connectivity index (χ1v) is 1.56. The van der Waals surface area contributed by atoms with Gasteiger partial charge >= 0.3 is 12.1 Å². The highest BCUT2D eigenvalue weighted by molar-refractivity contribution is 6.22. The van der Waals surface area contributed by atoms with Gasteiger partial charge in [-0.15, -0.1) is 0 Å². The van der Waals surface area contributed by atoms with Crippen molar-refractivity contribution in [2.24, 2.45) is 0 Å². The summed E-state index contributed by atoms with van der Waals surface area (Å²) in [5.41, 5.74) is 0. The largest absolute Gasteiger partial charge is 0.513 e. The topological polar surface area (TPSA) is 80.7 Å². The molecule has 0 aliphatic heterocycles. The maximum absolute atomic E-state index is 9.65. The van der Waals surface area contributed by atoms with Crippen LogP contribution in [-0.4, -0.2) is 23.5 Å². The van der Waals surface area contributed by atoms with Crippen LogP contribution in [0.2, 0.25) is 0 Å². The van der Waals surface area contributed by atoms with Crippen LogP contribution in [0.3, 0.4) is 0 Å². The van der Waals surface area contributed by atoms with Crippen LogP contribution >= 0.6 is 0 Å². The smallest absolute Gasteiger partial charge is 0.449 e. The maximum atomic E-state index is 9.65. The predicted octanol–water partition coefficient (Wildman–Crippen LogP) is -0.593. The molecule has 5 heteroatoms. The van der Waals surface area contributed by atoms with E-state index in [-0.39, 0.29) is 6.29 Å². The highest BCUT2D eigenvalue weighted by atomic mass is 16.7. The molecule has 0 spiro atoms. The van der Waals surface area contributed by atoms with Crippen molar-refractivity contribution in [3.63, 3.8) is 0 Å². The Labute approximate surface area is 43.9 Å². The lowest BCUT2D eigenvalue weighted by molar-refractivity contribution is -0.145. The first-order valence-electron chi connectivity index (χ1n) is 1.56. The Morgan fingerprint density at radius 1 is 1.50 bits per heavy atom. The first kappa shape index (κ1) is 6.61. The second-order valence-corrected chi connectivity index (χ2v) is 0.805. The molecule has 0 rings (SSSR count). The van der Waals surface area contributed by atoms with E-state index >= 15 is 0 Å². The lowest BCUT2D eigenvalue weighted by Gasteiger charge is -1.84. The summed E-state index contributed by atoms with van der Waals surface area (Å²) in [6, 6.07) is 0. The number of carbonyl (C=O) groups excluding carboxylic acids is 2. The van der Waals surface area contributed by atoms with Gasteiger partial charge in [-0.3, -0.25) is 4.79 Å². The molecule has 8 heavy (non-hydrogen) atoms. The number of ether oxygens (including phenoxy) is 1. The van der Waals surface area contributed by atoms with E-state index in [0.717, 1.165) is 0 Å². The minimum atomic E-state index is -1.78. The minimum Gasteiger partial charge on any atom is -0.449 e. The standard InChI is InChI=1S/C3H2O5/c4-1-2(5)8-3(6)7/h1H,(H,6,7). The molecule has 44 valence electrons. The molecule has 0 aliphatic carbocycles. The third kappa shape index (κ3) is 2.83. The van der Waals surface area contributed by atoms with Gasteiger partial charge in [-0.2, -0.15) is 0 Å². The molecule has 0 aliphatic rings. The van der Waals surface area contributed by atoms with Gasteiger partial charge < -0.3 is 9.84 Å². The van der Waals surface area contributed by atoms with Crippen LogP contribution in [0, 0.1) is 0 Å². The molecular weight excluding hydrogens is 116 g/mol. The van der Waals surface area contributed by atoms with Crippen molar-refractivity contribution in [2.75, 3.05) is 0 Å². The van der Waals surface area contributed by atoms with Gasteiger partial charge in [0.25, 0.3) is 0 Å². The van der Waals surface area contributed by atoms with Crippen LogP contribution in [0.4, 0.5) is 4.79 Å². The van der Waals surface area contributed by atoms with Crippen LogP contribution in [0.15, 0.2) is 0 Å². The van der Waals surface area contributed by atoms with Crippen LogP contribution in [0.1, 0.15) is 0 Å². The quantitative estimate of drug-likeness (QED) is 0.215. The molecule has 0 heterocycles. The Kier molecular flexibility index (Phi) is 2.25. The highest BCUT2D eigenvalue weighted by Crippen LogP contribution is 1.72. The van der Waals surface area contributed by atoms with Crippen LogP contribution < -0.4 is 0 Å². The molecule has 0 unspecified atom stereocenters. The summed E-state index contributed by atoms with van der Waals surface area (Å²) >= 11 is 0. The average molecular weight is 118 g/mol. The monoisotopic (exact) mass is 118 g/mol. The summed E-state index contributed by atoms with van der Waals surface area (Å²) in [7, 11) is 0. The minimum absolute atomic E-state index is 0.228. The third-order valence-corrected chi connectivity index (χ3v) is 0.284. The Morgan fingerprint density at radius 2 is 2.00 bits per heavy atom. The van der Waals surface area contributed by atoms with Gasteiger partial charge in [0, 0.05) is 0 Å². The molecule has 0 saturated carbocycles. The van der Waals surface area contributed by atoms with Gasteiger partial charge in [-0.25, -0.2) is 9.59 Å². The van der Waals surface area contributed by atoms with Crippen molar-refractivity contribution in [1.82, 2.24) is 0 Å². The number of rotatable bonds is 1. The highest BCUT2D eigenvalue weighted by Gasteiger charge is 2.03. The number of carboxylic acid groups (broad SMARTS) is 1. The van der Waals surface area contributed by atoms with E-state index < -0.39 is 12.1 Å². The second kappa shape index (κ2) is 2.73. The molecule has 0 fully saturated rings. The number of hydrogen-bond donors (Lipinski definition) is 1. The number of carbonyl (C=O) groups is 3. The molecule has 0 radical (unpaired) electrons. The van der Waals surface area contributed by atoms with E-state index in [9.17, 15) is 14.4 Å². The lowest BCUT2D eigenvalue weighted by Crippen LogP contribution is -2.09. The van der Waals surface area contributed by atoms with E-state index in [4.69, 9.17) is 5.11 Å². The maximum Gasteiger partial charge on any atom is 0.513 e. The lowest BCUT2D eigenvalue weighted by atomic mass is 10.8. The van der Waals surface area contributed by atoms with Gasteiger partial charge in [0.15, 0.2) is 0 Å². The fraction of sp³-hybridized carbons (Fsp3) is 0. The van der Waals surface area contributed by atoms with E-state index in [2.05, 4.69) is 4.74 Å². The SMILES string of the molecule is O=CC(=O)OC(=O)O. The van der Waals surface area contributed by atoms with Crippen molar-refractivity contribution >= 4 is 18.4 Å². The zero-order valence-electron chi connectivity index (χ0n) is 3.66. The zero-order valence-corrected chi connectivity index (χ0v) is 3.66. The summed E-state index contributed by atoms with van der Waals surface area (Å²) in [4.78, 5) is 28.3. The zero-order chi connectivity index (χ0) is 6.57. The predicted molar refractivity (Wildman–Crippen MR) is 20.2 cm³/mol. The van der Waals surface area contributed by atoms with Gasteiger partial charge in [0.05, 0.1) is 0 Å². The van der Waals surface area contributed by atoms with E-state index in [1.54, 1.807) is 0 Å². The molecule has 0 aromatic rings. The average Bonchev–Trinajstić information content (AvgIpc) is 1.65. The summed E-state index contributed by atoms with van der Waals surface area (Å²) < 4.78 is 3.31. The fourth-order valence-corrected chi connectivity index (χ4v) is 0.110. The molecule has 0 saturated heterocycles. The van der Waals surface area contributed by atoms with Crippen molar-refractivity contribution < 1.29 is 24.2 Å². The van der Waals surface area contributed by atoms with E-state index in [1.165, 1.54) is 0 Å². The van der Waals surface area contributed by atoms with Crippen LogP contribution in [0.25, 0.3) is 0 Å². The van der Waals surface area contributed by atoms with Crippen molar-refractivity contribution in [3.8, 4) is 0 Å². The summed E-state index contributed by atoms with van der Waals surface area (Å²) in [6.07, 6.45) is -2.00.